The van der Waals surface area contributed by atoms with Crippen LogP contribution in [-0.4, -0.2) is 23.6 Å². The zero-order valence-corrected chi connectivity index (χ0v) is 15.4. The molecule has 0 radical (unpaired) electrons. The van der Waals surface area contributed by atoms with Crippen LogP contribution in [-0.2, 0) is 9.59 Å². The van der Waals surface area contributed by atoms with Gasteiger partial charge in [-0.3, -0.25) is 14.6 Å². The molecule has 144 valence electrons. The van der Waals surface area contributed by atoms with Gasteiger partial charge in [-0.15, -0.1) is 0 Å². The summed E-state index contributed by atoms with van der Waals surface area (Å²) in [4.78, 5) is 29.8. The summed E-state index contributed by atoms with van der Waals surface area (Å²) in [7, 11) is 0. The lowest BCUT2D eigenvalue weighted by Crippen LogP contribution is -2.30. The summed E-state index contributed by atoms with van der Waals surface area (Å²) in [5, 5.41) is 5.36. The smallest absolute Gasteiger partial charge is 0.249 e. The van der Waals surface area contributed by atoms with E-state index < -0.39 is 17.8 Å². The van der Waals surface area contributed by atoms with Gasteiger partial charge in [0.25, 0.3) is 0 Å². The first-order valence-electron chi connectivity index (χ1n) is 9.19. The van der Waals surface area contributed by atoms with Crippen molar-refractivity contribution in [2.24, 2.45) is 4.99 Å². The first kappa shape index (κ1) is 18.6. The molecule has 1 aliphatic heterocycles. The summed E-state index contributed by atoms with van der Waals surface area (Å²) in [6.07, 6.45) is -0.204. The first-order valence-corrected chi connectivity index (χ1v) is 9.19. The lowest BCUT2D eigenvalue weighted by molar-refractivity contribution is -0.122. The fourth-order valence-corrected chi connectivity index (χ4v) is 3.20. The molecule has 29 heavy (non-hydrogen) atoms. The predicted molar refractivity (Wildman–Crippen MR) is 111 cm³/mol. The summed E-state index contributed by atoms with van der Waals surface area (Å²) in [6.45, 7) is 0. The Balaban J connectivity index is 1.66. The number of rotatable bonds is 4. The van der Waals surface area contributed by atoms with Crippen LogP contribution >= 0.6 is 0 Å². The monoisotopic (exact) mass is 387 g/mol. The number of hydrogen-bond acceptors (Lipinski definition) is 3. The van der Waals surface area contributed by atoms with Crippen molar-refractivity contribution in [3.63, 3.8) is 0 Å². The Labute approximate surface area is 167 Å². The number of carbonyl (C=O) groups excluding carboxylic acids is 2. The molecule has 1 aliphatic rings. The van der Waals surface area contributed by atoms with Gasteiger partial charge in [-0.25, -0.2) is 4.39 Å². The molecule has 0 fully saturated rings. The van der Waals surface area contributed by atoms with Crippen LogP contribution in [0.3, 0.4) is 0 Å². The standard InChI is InChI=1S/C23H18FN3O2/c24-17-11-5-7-13-19(17)25-21(28)14-20-23(29)27-18-12-6-4-10-16(18)22(26-20)15-8-2-1-3-9-15/h1-13,20H,14H2,(H,25,28)(H,27,29). The van der Waals surface area contributed by atoms with E-state index in [1.807, 2.05) is 48.5 Å². The first-order chi connectivity index (χ1) is 14.1. The van der Waals surface area contributed by atoms with E-state index >= 15 is 0 Å². The average Bonchev–Trinajstić information content (AvgIpc) is 2.87. The molecule has 0 spiro atoms. The SMILES string of the molecule is O=C(CC1N=C(c2ccccc2)c2ccccc2NC1=O)Nc1ccccc1F. The molecule has 3 aromatic rings. The highest BCUT2D eigenvalue weighted by molar-refractivity contribution is 6.20. The highest BCUT2D eigenvalue weighted by Crippen LogP contribution is 2.25. The normalized spacial score (nSPS) is 15.6. The van der Waals surface area contributed by atoms with Crippen molar-refractivity contribution in [3.05, 3.63) is 95.8 Å². The van der Waals surface area contributed by atoms with E-state index in [9.17, 15) is 14.0 Å². The fourth-order valence-electron chi connectivity index (χ4n) is 3.20. The Bertz CT molecular complexity index is 1100. The second kappa shape index (κ2) is 8.06. The maximum atomic E-state index is 13.8. The third-order valence-electron chi connectivity index (χ3n) is 4.60. The van der Waals surface area contributed by atoms with E-state index in [0.717, 1.165) is 11.1 Å². The lowest BCUT2D eigenvalue weighted by Gasteiger charge is -2.12. The highest BCUT2D eigenvalue weighted by atomic mass is 19.1. The molecule has 1 atom stereocenters. The van der Waals surface area contributed by atoms with Gasteiger partial charge in [0, 0.05) is 11.1 Å². The number of fused-ring (bicyclic) bond motifs is 1. The Morgan fingerprint density at radius 1 is 0.966 bits per heavy atom. The molecule has 3 aromatic carbocycles. The van der Waals surface area contributed by atoms with Gasteiger partial charge in [0.15, 0.2) is 0 Å². The fraction of sp³-hybridized carbons (Fsp3) is 0.0870. The number of nitrogens with one attached hydrogen (secondary N) is 2. The molecule has 2 N–H and O–H groups in total. The van der Waals surface area contributed by atoms with Crippen LogP contribution in [0.1, 0.15) is 17.5 Å². The third kappa shape index (κ3) is 4.06. The van der Waals surface area contributed by atoms with Crippen molar-refractivity contribution in [2.45, 2.75) is 12.5 Å². The van der Waals surface area contributed by atoms with E-state index in [0.29, 0.717) is 11.4 Å². The topological polar surface area (TPSA) is 70.6 Å². The van der Waals surface area contributed by atoms with Crippen molar-refractivity contribution in [1.29, 1.82) is 0 Å². The number of halogens is 1. The minimum absolute atomic E-state index is 0.0714. The van der Waals surface area contributed by atoms with Gasteiger partial charge >= 0.3 is 0 Å². The van der Waals surface area contributed by atoms with Crippen LogP contribution in [0.15, 0.2) is 83.9 Å². The molecule has 0 aromatic heterocycles. The molecule has 2 amide bonds. The van der Waals surface area contributed by atoms with Crippen molar-refractivity contribution in [1.82, 2.24) is 0 Å². The zero-order chi connectivity index (χ0) is 20.2. The van der Waals surface area contributed by atoms with Crippen molar-refractivity contribution >= 4 is 28.9 Å². The maximum Gasteiger partial charge on any atom is 0.249 e. The molecular weight excluding hydrogens is 369 g/mol. The third-order valence-corrected chi connectivity index (χ3v) is 4.60. The van der Waals surface area contributed by atoms with Gasteiger partial charge in [0.05, 0.1) is 23.5 Å². The second-order valence-electron chi connectivity index (χ2n) is 6.63. The number of hydrogen-bond donors (Lipinski definition) is 2. The number of anilines is 2. The van der Waals surface area contributed by atoms with Gasteiger partial charge in [-0.05, 0) is 18.2 Å². The van der Waals surface area contributed by atoms with E-state index in [1.54, 1.807) is 12.1 Å². The summed E-state index contributed by atoms with van der Waals surface area (Å²) in [5.74, 6) is -1.41. The summed E-state index contributed by atoms with van der Waals surface area (Å²) >= 11 is 0. The Morgan fingerprint density at radius 3 is 2.45 bits per heavy atom. The molecule has 0 bridgehead atoms. The molecule has 1 unspecified atom stereocenters. The van der Waals surface area contributed by atoms with Gasteiger partial charge in [0.1, 0.15) is 11.9 Å². The number of para-hydroxylation sites is 2. The van der Waals surface area contributed by atoms with Gasteiger partial charge in [0.2, 0.25) is 11.8 Å². The van der Waals surface area contributed by atoms with Crippen LogP contribution in [0.4, 0.5) is 15.8 Å². The van der Waals surface area contributed by atoms with E-state index in [1.165, 1.54) is 18.2 Å². The van der Waals surface area contributed by atoms with Crippen LogP contribution in [0.25, 0.3) is 0 Å². The van der Waals surface area contributed by atoms with Crippen molar-refractivity contribution < 1.29 is 14.0 Å². The summed E-state index contributed by atoms with van der Waals surface area (Å²) < 4.78 is 13.8. The van der Waals surface area contributed by atoms with E-state index in [4.69, 9.17) is 0 Å². The van der Waals surface area contributed by atoms with Gasteiger partial charge in [-0.2, -0.15) is 0 Å². The van der Waals surface area contributed by atoms with Crippen LogP contribution in [0.5, 0.6) is 0 Å². The molecule has 0 saturated heterocycles. The maximum absolute atomic E-state index is 13.8. The number of amides is 2. The molecule has 4 rings (SSSR count). The quantitative estimate of drug-likeness (QED) is 0.710. The number of carbonyl (C=O) groups is 2. The summed E-state index contributed by atoms with van der Waals surface area (Å²) in [5.41, 5.74) is 2.96. The second-order valence-corrected chi connectivity index (χ2v) is 6.63. The molecule has 6 heteroatoms. The number of benzodiazepines with no additional fused rings is 1. The van der Waals surface area contributed by atoms with Crippen molar-refractivity contribution in [3.8, 4) is 0 Å². The Hall–Kier alpha value is -3.80. The zero-order valence-electron chi connectivity index (χ0n) is 15.4. The lowest BCUT2D eigenvalue weighted by atomic mass is 10.0. The minimum Gasteiger partial charge on any atom is -0.324 e. The summed E-state index contributed by atoms with van der Waals surface area (Å²) in [6, 6.07) is 21.8. The van der Waals surface area contributed by atoms with Gasteiger partial charge < -0.3 is 10.6 Å². The molecule has 0 aliphatic carbocycles. The van der Waals surface area contributed by atoms with Crippen LogP contribution < -0.4 is 10.6 Å². The van der Waals surface area contributed by atoms with Crippen molar-refractivity contribution in [2.75, 3.05) is 10.6 Å². The predicted octanol–water partition coefficient (Wildman–Crippen LogP) is 4.01. The van der Waals surface area contributed by atoms with E-state index in [-0.39, 0.29) is 18.0 Å². The molecule has 1 heterocycles. The number of nitrogens with zero attached hydrogens (tertiary/aromatic N) is 1. The highest BCUT2D eigenvalue weighted by Gasteiger charge is 2.27. The largest absolute Gasteiger partial charge is 0.324 e. The van der Waals surface area contributed by atoms with Gasteiger partial charge in [-0.1, -0.05) is 60.7 Å². The molecular formula is C23H18FN3O2. The van der Waals surface area contributed by atoms with Crippen LogP contribution in [0.2, 0.25) is 0 Å². The van der Waals surface area contributed by atoms with E-state index in [2.05, 4.69) is 15.6 Å². The number of benzene rings is 3. The van der Waals surface area contributed by atoms with Crippen LogP contribution in [0, 0.1) is 5.82 Å². The minimum atomic E-state index is -0.940. The number of aliphatic imine (C=N–C) groups is 1. The Kier molecular flexibility index (Phi) is 5.16. The average molecular weight is 387 g/mol. The molecule has 0 saturated carbocycles. The Morgan fingerprint density at radius 2 is 1.66 bits per heavy atom. The molecule has 5 nitrogen and oxygen atoms in total.